The molecule has 1 aromatic carbocycles. The van der Waals surface area contributed by atoms with Gasteiger partial charge in [-0.05, 0) is 19.4 Å². The number of amides is 2. The highest BCUT2D eigenvalue weighted by molar-refractivity contribution is 5.85. The van der Waals surface area contributed by atoms with E-state index in [0.717, 1.165) is 5.56 Å². The van der Waals surface area contributed by atoms with Gasteiger partial charge in [-0.1, -0.05) is 30.3 Å². The van der Waals surface area contributed by atoms with E-state index in [2.05, 4.69) is 10.6 Å². The topological polar surface area (TPSA) is 67.4 Å². The zero-order valence-corrected chi connectivity index (χ0v) is 10.6. The van der Waals surface area contributed by atoms with Gasteiger partial charge in [-0.3, -0.25) is 4.79 Å². The number of likely N-dealkylation sites (N-methyl/N-ethyl adjacent to an activating group) is 1. The first kappa shape index (κ1) is 14.0. The van der Waals surface area contributed by atoms with Gasteiger partial charge in [-0.25, -0.2) is 4.79 Å². The van der Waals surface area contributed by atoms with E-state index in [0.29, 0.717) is 6.54 Å². The number of hydrogen-bond donors (Lipinski definition) is 2. The van der Waals surface area contributed by atoms with Gasteiger partial charge >= 0.3 is 6.09 Å². The van der Waals surface area contributed by atoms with Crippen LogP contribution in [0.3, 0.4) is 0 Å². The first-order valence-corrected chi connectivity index (χ1v) is 5.88. The van der Waals surface area contributed by atoms with Crippen molar-refractivity contribution in [1.29, 1.82) is 0 Å². The Bertz CT molecular complexity index is 392. The van der Waals surface area contributed by atoms with Crippen LogP contribution >= 0.6 is 0 Å². The Morgan fingerprint density at radius 3 is 2.56 bits per heavy atom. The van der Waals surface area contributed by atoms with Crippen LogP contribution in [0.5, 0.6) is 0 Å². The zero-order valence-electron chi connectivity index (χ0n) is 10.6. The van der Waals surface area contributed by atoms with Crippen LogP contribution in [-0.4, -0.2) is 24.6 Å². The number of carbonyl (C=O) groups is 2. The predicted octanol–water partition coefficient (Wildman–Crippen LogP) is 1.44. The highest BCUT2D eigenvalue weighted by atomic mass is 16.5. The van der Waals surface area contributed by atoms with Gasteiger partial charge in [-0.15, -0.1) is 0 Å². The molecule has 5 nitrogen and oxygen atoms in total. The number of hydrogen-bond acceptors (Lipinski definition) is 3. The van der Waals surface area contributed by atoms with Crippen molar-refractivity contribution in [3.63, 3.8) is 0 Å². The minimum atomic E-state index is -0.603. The summed E-state index contributed by atoms with van der Waals surface area (Å²) < 4.78 is 5.00. The number of benzene rings is 1. The fourth-order valence-electron chi connectivity index (χ4n) is 1.33. The molecule has 5 heteroatoms. The fourth-order valence-corrected chi connectivity index (χ4v) is 1.33. The summed E-state index contributed by atoms with van der Waals surface area (Å²) in [6.45, 7) is 4.14. The number of alkyl carbamates (subject to hydrolysis) is 1. The molecule has 0 aliphatic heterocycles. The molecule has 1 atom stereocenters. The minimum absolute atomic E-state index is 0.189. The van der Waals surface area contributed by atoms with E-state index in [1.165, 1.54) is 0 Å². The molecular formula is C13H18N2O3. The molecule has 1 rings (SSSR count). The molecule has 0 saturated carbocycles. The van der Waals surface area contributed by atoms with E-state index < -0.39 is 12.1 Å². The SMILES string of the molecule is CCNC(=O)C(C)NC(=O)OCc1ccccc1. The molecule has 0 fully saturated rings. The van der Waals surface area contributed by atoms with E-state index in [-0.39, 0.29) is 12.5 Å². The van der Waals surface area contributed by atoms with Crippen LogP contribution in [0.1, 0.15) is 19.4 Å². The van der Waals surface area contributed by atoms with Crippen molar-refractivity contribution < 1.29 is 14.3 Å². The third-order valence-corrected chi connectivity index (χ3v) is 2.29. The predicted molar refractivity (Wildman–Crippen MR) is 67.9 cm³/mol. The molecule has 0 heterocycles. The first-order valence-electron chi connectivity index (χ1n) is 5.88. The van der Waals surface area contributed by atoms with Crippen LogP contribution in [0.25, 0.3) is 0 Å². The normalized spacial score (nSPS) is 11.4. The van der Waals surface area contributed by atoms with Crippen LogP contribution in [0.2, 0.25) is 0 Å². The van der Waals surface area contributed by atoms with Gasteiger partial charge in [0.05, 0.1) is 0 Å². The molecule has 0 radical (unpaired) electrons. The second-order valence-corrected chi connectivity index (χ2v) is 3.82. The van der Waals surface area contributed by atoms with Crippen molar-refractivity contribution in [1.82, 2.24) is 10.6 Å². The van der Waals surface area contributed by atoms with Gasteiger partial charge in [0.2, 0.25) is 5.91 Å². The van der Waals surface area contributed by atoms with E-state index in [1.54, 1.807) is 6.92 Å². The van der Waals surface area contributed by atoms with Crippen LogP contribution in [0.15, 0.2) is 30.3 Å². The Morgan fingerprint density at radius 2 is 1.94 bits per heavy atom. The van der Waals surface area contributed by atoms with Crippen molar-refractivity contribution in [2.24, 2.45) is 0 Å². The van der Waals surface area contributed by atoms with Crippen LogP contribution < -0.4 is 10.6 Å². The summed E-state index contributed by atoms with van der Waals surface area (Å²) in [6.07, 6.45) is -0.599. The van der Waals surface area contributed by atoms with Crippen molar-refractivity contribution in [2.75, 3.05) is 6.54 Å². The summed E-state index contributed by atoms with van der Waals surface area (Å²) in [5, 5.41) is 5.08. The number of nitrogens with one attached hydrogen (secondary N) is 2. The monoisotopic (exact) mass is 250 g/mol. The minimum Gasteiger partial charge on any atom is -0.445 e. The summed E-state index contributed by atoms with van der Waals surface area (Å²) in [7, 11) is 0. The standard InChI is InChI=1S/C13H18N2O3/c1-3-14-12(16)10(2)15-13(17)18-9-11-7-5-4-6-8-11/h4-8,10H,3,9H2,1-2H3,(H,14,16)(H,15,17). The molecule has 2 amide bonds. The highest BCUT2D eigenvalue weighted by Gasteiger charge is 2.15. The maximum absolute atomic E-state index is 11.4. The number of rotatable bonds is 5. The van der Waals surface area contributed by atoms with Crippen LogP contribution in [0.4, 0.5) is 4.79 Å². The second kappa shape index (κ2) is 7.32. The molecule has 18 heavy (non-hydrogen) atoms. The molecule has 2 N–H and O–H groups in total. The maximum Gasteiger partial charge on any atom is 0.408 e. The molecular weight excluding hydrogens is 232 g/mol. The molecule has 0 aromatic heterocycles. The molecule has 1 unspecified atom stereocenters. The summed E-state index contributed by atoms with van der Waals surface area (Å²) in [6, 6.07) is 8.75. The largest absolute Gasteiger partial charge is 0.445 e. The van der Waals surface area contributed by atoms with E-state index in [9.17, 15) is 9.59 Å². The lowest BCUT2D eigenvalue weighted by Gasteiger charge is -2.13. The lowest BCUT2D eigenvalue weighted by molar-refractivity contribution is -0.122. The zero-order chi connectivity index (χ0) is 13.4. The Balaban J connectivity index is 2.31. The van der Waals surface area contributed by atoms with Gasteiger partial charge in [0, 0.05) is 6.54 Å². The summed E-state index contributed by atoms with van der Waals surface area (Å²) in [5.41, 5.74) is 0.901. The van der Waals surface area contributed by atoms with E-state index >= 15 is 0 Å². The Morgan fingerprint density at radius 1 is 1.28 bits per heavy atom. The Labute approximate surface area is 107 Å². The quantitative estimate of drug-likeness (QED) is 0.831. The van der Waals surface area contributed by atoms with Gasteiger partial charge in [0.25, 0.3) is 0 Å². The van der Waals surface area contributed by atoms with Crippen molar-refractivity contribution in [3.05, 3.63) is 35.9 Å². The fraction of sp³-hybridized carbons (Fsp3) is 0.385. The Kier molecular flexibility index (Phi) is 5.70. The highest BCUT2D eigenvalue weighted by Crippen LogP contribution is 2.00. The molecule has 1 aromatic rings. The van der Waals surface area contributed by atoms with Gasteiger partial charge in [0.1, 0.15) is 12.6 Å². The lowest BCUT2D eigenvalue weighted by Crippen LogP contribution is -2.44. The molecule has 0 bridgehead atoms. The summed E-state index contributed by atoms with van der Waals surface area (Å²) in [5.74, 6) is -0.228. The molecule has 0 aliphatic rings. The molecule has 0 spiro atoms. The second-order valence-electron chi connectivity index (χ2n) is 3.82. The third-order valence-electron chi connectivity index (χ3n) is 2.29. The average Bonchev–Trinajstić information content (AvgIpc) is 2.38. The smallest absolute Gasteiger partial charge is 0.408 e. The van der Waals surface area contributed by atoms with Crippen molar-refractivity contribution >= 4 is 12.0 Å². The first-order chi connectivity index (χ1) is 8.63. The lowest BCUT2D eigenvalue weighted by atomic mass is 10.2. The summed E-state index contributed by atoms with van der Waals surface area (Å²) >= 11 is 0. The maximum atomic E-state index is 11.4. The van der Waals surface area contributed by atoms with Crippen LogP contribution in [-0.2, 0) is 16.1 Å². The van der Waals surface area contributed by atoms with E-state index in [1.807, 2.05) is 37.3 Å². The van der Waals surface area contributed by atoms with E-state index in [4.69, 9.17) is 4.74 Å². The summed E-state index contributed by atoms with van der Waals surface area (Å²) in [4.78, 5) is 22.8. The molecule has 98 valence electrons. The van der Waals surface area contributed by atoms with Gasteiger partial charge in [0.15, 0.2) is 0 Å². The third kappa shape index (κ3) is 4.86. The number of ether oxygens (including phenoxy) is 1. The Hall–Kier alpha value is -2.04. The average molecular weight is 250 g/mol. The van der Waals surface area contributed by atoms with Crippen molar-refractivity contribution in [2.45, 2.75) is 26.5 Å². The van der Waals surface area contributed by atoms with Gasteiger partial charge in [-0.2, -0.15) is 0 Å². The molecule has 0 aliphatic carbocycles. The van der Waals surface area contributed by atoms with Crippen molar-refractivity contribution in [3.8, 4) is 0 Å². The molecule has 0 saturated heterocycles. The van der Waals surface area contributed by atoms with Crippen LogP contribution in [0, 0.1) is 0 Å². The van der Waals surface area contributed by atoms with Gasteiger partial charge < -0.3 is 15.4 Å². The number of carbonyl (C=O) groups excluding carboxylic acids is 2.